The van der Waals surface area contributed by atoms with Gasteiger partial charge in [-0.25, -0.2) is 9.78 Å². The highest BCUT2D eigenvalue weighted by Crippen LogP contribution is 2.21. The Balaban J connectivity index is 2.37. The summed E-state index contributed by atoms with van der Waals surface area (Å²) in [6.07, 6.45) is 0. The van der Waals surface area contributed by atoms with Crippen molar-refractivity contribution in [3.8, 4) is 11.4 Å². The van der Waals surface area contributed by atoms with Crippen LogP contribution in [-0.4, -0.2) is 22.5 Å². The molecule has 0 fully saturated rings. The highest BCUT2D eigenvalue weighted by atomic mass is 35.5. The van der Waals surface area contributed by atoms with Crippen LogP contribution in [0, 0.1) is 6.92 Å². The third kappa shape index (κ3) is 2.54. The highest BCUT2D eigenvalue weighted by Gasteiger charge is 2.16. The quantitative estimate of drug-likeness (QED) is 0.866. The Kier molecular flexibility index (Phi) is 3.67. The van der Waals surface area contributed by atoms with Crippen molar-refractivity contribution in [3.63, 3.8) is 0 Å². The molecular formula is C13H13ClN2O2. The van der Waals surface area contributed by atoms with Crippen molar-refractivity contribution in [2.24, 2.45) is 0 Å². The fraction of sp³-hybridized carbons (Fsp3) is 0.231. The van der Waals surface area contributed by atoms with Crippen LogP contribution in [0.25, 0.3) is 11.4 Å². The number of nitrogens with zero attached hydrogens (tertiary/aromatic N) is 1. The molecule has 0 aliphatic rings. The molecule has 18 heavy (non-hydrogen) atoms. The van der Waals surface area contributed by atoms with E-state index in [4.69, 9.17) is 16.3 Å². The molecule has 1 aromatic heterocycles. The summed E-state index contributed by atoms with van der Waals surface area (Å²) in [5.41, 5.74) is 1.83. The summed E-state index contributed by atoms with van der Waals surface area (Å²) in [4.78, 5) is 19.0. The zero-order valence-electron chi connectivity index (χ0n) is 10.2. The Bertz CT molecular complexity index is 578. The predicted octanol–water partition coefficient (Wildman–Crippen LogP) is 3.22. The first kappa shape index (κ1) is 12.6. The number of rotatable bonds is 3. The van der Waals surface area contributed by atoms with E-state index in [0.29, 0.717) is 28.8 Å². The zero-order valence-corrected chi connectivity index (χ0v) is 10.9. The number of carbonyl (C=O) groups excluding carboxylic acids is 1. The van der Waals surface area contributed by atoms with E-state index in [9.17, 15) is 4.79 Å². The number of halogens is 1. The van der Waals surface area contributed by atoms with Crippen LogP contribution in [-0.2, 0) is 4.74 Å². The average molecular weight is 265 g/mol. The zero-order chi connectivity index (χ0) is 13.1. The average Bonchev–Trinajstić information content (AvgIpc) is 2.72. The van der Waals surface area contributed by atoms with E-state index in [2.05, 4.69) is 9.97 Å². The van der Waals surface area contributed by atoms with Crippen molar-refractivity contribution in [1.82, 2.24) is 9.97 Å². The summed E-state index contributed by atoms with van der Waals surface area (Å²) in [6, 6.07) is 7.28. The molecule has 0 spiro atoms. The number of aromatic amines is 1. The molecule has 0 amide bonds. The fourth-order valence-corrected chi connectivity index (χ4v) is 1.82. The van der Waals surface area contributed by atoms with Gasteiger partial charge in [0.2, 0.25) is 0 Å². The van der Waals surface area contributed by atoms with E-state index in [1.54, 1.807) is 26.0 Å². The highest BCUT2D eigenvalue weighted by molar-refractivity contribution is 6.30. The topological polar surface area (TPSA) is 55.0 Å². The largest absolute Gasteiger partial charge is 0.461 e. The van der Waals surface area contributed by atoms with Crippen LogP contribution in [0.15, 0.2) is 24.3 Å². The number of nitrogens with one attached hydrogen (secondary N) is 1. The molecule has 94 valence electrons. The van der Waals surface area contributed by atoms with E-state index in [-0.39, 0.29) is 0 Å². The van der Waals surface area contributed by atoms with Crippen LogP contribution in [0.5, 0.6) is 0 Å². The number of carbonyl (C=O) groups is 1. The lowest BCUT2D eigenvalue weighted by atomic mass is 10.2. The molecule has 0 radical (unpaired) electrons. The summed E-state index contributed by atoms with van der Waals surface area (Å²) < 4.78 is 4.93. The normalized spacial score (nSPS) is 10.4. The van der Waals surface area contributed by atoms with Gasteiger partial charge in [0.05, 0.1) is 6.61 Å². The number of aromatic nitrogens is 2. The fourth-order valence-electron chi connectivity index (χ4n) is 1.63. The lowest BCUT2D eigenvalue weighted by Gasteiger charge is -1.98. The maximum Gasteiger partial charge on any atom is 0.358 e. The van der Waals surface area contributed by atoms with Crippen LogP contribution in [0.4, 0.5) is 0 Å². The standard InChI is InChI=1S/C13H13ClN2O2/c1-3-18-13(17)11-8(2)15-12(16-11)9-5-4-6-10(14)7-9/h4-7H,3H2,1-2H3,(H,15,16). The Hall–Kier alpha value is -1.81. The number of imidazole rings is 1. The number of hydrogen-bond donors (Lipinski definition) is 1. The molecule has 2 rings (SSSR count). The molecule has 0 saturated carbocycles. The minimum absolute atomic E-state index is 0.312. The maximum atomic E-state index is 11.6. The maximum absolute atomic E-state index is 11.6. The molecule has 1 heterocycles. The van der Waals surface area contributed by atoms with Gasteiger partial charge in [-0.15, -0.1) is 0 Å². The third-order valence-electron chi connectivity index (χ3n) is 2.45. The number of hydrogen-bond acceptors (Lipinski definition) is 3. The number of esters is 1. The SMILES string of the molecule is CCOC(=O)c1nc(-c2cccc(Cl)c2)[nH]c1C. The van der Waals surface area contributed by atoms with Crippen molar-refractivity contribution in [3.05, 3.63) is 40.7 Å². The number of ether oxygens (including phenoxy) is 1. The van der Waals surface area contributed by atoms with Gasteiger partial charge in [0.15, 0.2) is 5.69 Å². The lowest BCUT2D eigenvalue weighted by molar-refractivity contribution is 0.0519. The van der Waals surface area contributed by atoms with E-state index in [1.807, 2.05) is 12.1 Å². The van der Waals surface area contributed by atoms with E-state index in [1.165, 1.54) is 0 Å². The molecule has 2 aromatic rings. The lowest BCUT2D eigenvalue weighted by Crippen LogP contribution is -2.06. The first-order chi connectivity index (χ1) is 8.61. The molecule has 1 N–H and O–H groups in total. The van der Waals surface area contributed by atoms with Crippen LogP contribution < -0.4 is 0 Å². The van der Waals surface area contributed by atoms with Gasteiger partial charge >= 0.3 is 5.97 Å². The van der Waals surface area contributed by atoms with Crippen molar-refractivity contribution >= 4 is 17.6 Å². The van der Waals surface area contributed by atoms with Gasteiger partial charge < -0.3 is 9.72 Å². The molecule has 0 bridgehead atoms. The molecule has 0 unspecified atom stereocenters. The molecule has 0 saturated heterocycles. The summed E-state index contributed by atoms with van der Waals surface area (Å²) in [5, 5.41) is 0.624. The van der Waals surface area contributed by atoms with Crippen molar-refractivity contribution < 1.29 is 9.53 Å². The van der Waals surface area contributed by atoms with Crippen LogP contribution >= 0.6 is 11.6 Å². The van der Waals surface area contributed by atoms with Crippen molar-refractivity contribution in [2.75, 3.05) is 6.61 Å². The number of aryl methyl sites for hydroxylation is 1. The Labute approximate surface area is 110 Å². The second-order valence-electron chi connectivity index (χ2n) is 3.79. The van der Waals surface area contributed by atoms with Gasteiger partial charge in [0.1, 0.15) is 5.82 Å². The number of benzene rings is 1. The van der Waals surface area contributed by atoms with Crippen LogP contribution in [0.2, 0.25) is 5.02 Å². The predicted molar refractivity (Wildman–Crippen MR) is 69.7 cm³/mol. The molecular weight excluding hydrogens is 252 g/mol. The van der Waals surface area contributed by atoms with E-state index >= 15 is 0 Å². The first-order valence-corrected chi connectivity index (χ1v) is 5.99. The van der Waals surface area contributed by atoms with Gasteiger partial charge in [0, 0.05) is 16.3 Å². The molecule has 0 aliphatic heterocycles. The molecule has 0 atom stereocenters. The molecule has 5 heteroatoms. The smallest absolute Gasteiger partial charge is 0.358 e. The van der Waals surface area contributed by atoms with Crippen molar-refractivity contribution in [1.29, 1.82) is 0 Å². The van der Waals surface area contributed by atoms with Gasteiger partial charge in [-0.2, -0.15) is 0 Å². The Morgan fingerprint density at radius 1 is 1.50 bits per heavy atom. The molecule has 1 aromatic carbocycles. The first-order valence-electron chi connectivity index (χ1n) is 5.61. The van der Waals surface area contributed by atoms with Crippen LogP contribution in [0.1, 0.15) is 23.1 Å². The second kappa shape index (κ2) is 5.23. The van der Waals surface area contributed by atoms with Crippen molar-refractivity contribution in [2.45, 2.75) is 13.8 Å². The summed E-state index contributed by atoms with van der Waals surface area (Å²) in [5.74, 6) is 0.192. The van der Waals surface area contributed by atoms with Gasteiger partial charge in [-0.3, -0.25) is 0 Å². The number of H-pyrrole nitrogens is 1. The Morgan fingerprint density at radius 3 is 2.94 bits per heavy atom. The Morgan fingerprint density at radius 2 is 2.28 bits per heavy atom. The minimum Gasteiger partial charge on any atom is -0.461 e. The summed E-state index contributed by atoms with van der Waals surface area (Å²) in [7, 11) is 0. The molecule has 4 nitrogen and oxygen atoms in total. The minimum atomic E-state index is -0.417. The van der Waals surface area contributed by atoms with E-state index < -0.39 is 5.97 Å². The monoisotopic (exact) mass is 264 g/mol. The summed E-state index contributed by atoms with van der Waals surface area (Å²) in [6.45, 7) is 3.88. The van der Waals surface area contributed by atoms with Crippen LogP contribution in [0.3, 0.4) is 0 Å². The van der Waals surface area contributed by atoms with Gasteiger partial charge in [-0.05, 0) is 26.0 Å². The van der Waals surface area contributed by atoms with Gasteiger partial charge in [-0.1, -0.05) is 23.7 Å². The van der Waals surface area contributed by atoms with Gasteiger partial charge in [0.25, 0.3) is 0 Å². The second-order valence-corrected chi connectivity index (χ2v) is 4.23. The van der Waals surface area contributed by atoms with E-state index in [0.717, 1.165) is 5.56 Å². The summed E-state index contributed by atoms with van der Waals surface area (Å²) >= 11 is 5.92. The molecule has 0 aliphatic carbocycles. The third-order valence-corrected chi connectivity index (χ3v) is 2.69.